The van der Waals surface area contributed by atoms with E-state index in [2.05, 4.69) is 41.3 Å². The number of furan rings is 1. The summed E-state index contributed by atoms with van der Waals surface area (Å²) in [6.07, 6.45) is 7.42. The van der Waals surface area contributed by atoms with Gasteiger partial charge in [-0.3, -0.25) is 9.36 Å². The Morgan fingerprint density at radius 3 is 2.58 bits per heavy atom. The van der Waals surface area contributed by atoms with Gasteiger partial charge in [-0.15, -0.1) is 0 Å². The van der Waals surface area contributed by atoms with Crippen LogP contribution < -0.4 is 19.8 Å². The molecule has 0 unspecified atom stereocenters. The SMILES string of the molecule is O=c1/c(=C/c2ccc(N3CCCCC3)o2)sc2n1[C@@H](c1ccccc1)C1=C(N=2)c2ccccc2CC1. The highest BCUT2D eigenvalue weighted by molar-refractivity contribution is 7.07. The molecule has 0 bridgehead atoms. The first-order valence-electron chi connectivity index (χ1n) is 12.8. The molecule has 4 heterocycles. The van der Waals surface area contributed by atoms with E-state index in [1.165, 1.54) is 47.3 Å². The summed E-state index contributed by atoms with van der Waals surface area (Å²) in [6, 6.07) is 22.7. The van der Waals surface area contributed by atoms with Gasteiger partial charge in [-0.1, -0.05) is 65.9 Å². The highest BCUT2D eigenvalue weighted by Gasteiger charge is 2.32. The Morgan fingerprint density at radius 1 is 0.917 bits per heavy atom. The molecule has 6 heteroatoms. The van der Waals surface area contributed by atoms with E-state index in [4.69, 9.17) is 9.41 Å². The minimum atomic E-state index is -0.145. The Kier molecular flexibility index (Phi) is 5.28. The first kappa shape index (κ1) is 21.6. The van der Waals surface area contributed by atoms with Crippen LogP contribution in [-0.4, -0.2) is 17.7 Å². The predicted molar refractivity (Wildman–Crippen MR) is 144 cm³/mol. The number of fused-ring (bicyclic) bond motifs is 3. The van der Waals surface area contributed by atoms with Crippen molar-refractivity contribution in [1.82, 2.24) is 4.57 Å². The lowest BCUT2D eigenvalue weighted by molar-refractivity contribution is 0.495. The lowest BCUT2D eigenvalue weighted by Gasteiger charge is -2.30. The third kappa shape index (κ3) is 3.59. The number of anilines is 1. The fraction of sp³-hybridized carbons (Fsp3) is 0.267. The smallest absolute Gasteiger partial charge is 0.271 e. The zero-order chi connectivity index (χ0) is 24.1. The van der Waals surface area contributed by atoms with E-state index in [0.29, 0.717) is 10.3 Å². The van der Waals surface area contributed by atoms with Crippen molar-refractivity contribution in [2.24, 2.45) is 4.99 Å². The van der Waals surface area contributed by atoms with Crippen molar-refractivity contribution in [3.63, 3.8) is 0 Å². The number of hydrogen-bond acceptors (Lipinski definition) is 5. The van der Waals surface area contributed by atoms with Gasteiger partial charge in [0.2, 0.25) is 0 Å². The predicted octanol–water partition coefficient (Wildman–Crippen LogP) is 4.90. The number of aromatic nitrogens is 1. The molecule has 1 atom stereocenters. The molecule has 0 amide bonds. The van der Waals surface area contributed by atoms with Crippen LogP contribution in [0.15, 0.2) is 86.5 Å². The van der Waals surface area contributed by atoms with E-state index >= 15 is 0 Å². The number of hydrogen-bond donors (Lipinski definition) is 0. The minimum absolute atomic E-state index is 0.00562. The van der Waals surface area contributed by atoms with Crippen LogP contribution >= 0.6 is 11.3 Å². The van der Waals surface area contributed by atoms with Crippen molar-refractivity contribution in [3.05, 3.63) is 114 Å². The Balaban J connectivity index is 1.38. The van der Waals surface area contributed by atoms with Gasteiger partial charge in [-0.2, -0.15) is 0 Å². The monoisotopic (exact) mass is 493 g/mol. The van der Waals surface area contributed by atoms with Gasteiger partial charge in [0.1, 0.15) is 5.76 Å². The largest absolute Gasteiger partial charge is 0.441 e. The van der Waals surface area contributed by atoms with Gasteiger partial charge >= 0.3 is 0 Å². The fourth-order valence-electron chi connectivity index (χ4n) is 5.79. The molecule has 3 aliphatic rings. The first-order valence-corrected chi connectivity index (χ1v) is 13.6. The van der Waals surface area contributed by atoms with E-state index < -0.39 is 0 Å². The normalized spacial score (nSPS) is 19.5. The fourth-order valence-corrected chi connectivity index (χ4v) is 6.77. The molecule has 2 aromatic heterocycles. The lowest BCUT2D eigenvalue weighted by Crippen LogP contribution is -2.38. The minimum Gasteiger partial charge on any atom is -0.441 e. The summed E-state index contributed by atoms with van der Waals surface area (Å²) in [5.41, 5.74) is 5.89. The molecule has 1 saturated heterocycles. The van der Waals surface area contributed by atoms with Crippen LogP contribution in [0, 0.1) is 0 Å². The van der Waals surface area contributed by atoms with Crippen LogP contribution in [0.2, 0.25) is 0 Å². The van der Waals surface area contributed by atoms with Crippen LogP contribution in [-0.2, 0) is 6.42 Å². The van der Waals surface area contributed by atoms with Crippen LogP contribution in [0.1, 0.15) is 54.2 Å². The number of rotatable bonds is 3. The number of aryl methyl sites for hydroxylation is 1. The van der Waals surface area contributed by atoms with Gasteiger partial charge in [-0.25, -0.2) is 4.99 Å². The Hall–Kier alpha value is -3.64. The number of thiazole rings is 1. The van der Waals surface area contributed by atoms with Crippen LogP contribution in [0.4, 0.5) is 5.88 Å². The highest BCUT2D eigenvalue weighted by atomic mass is 32.1. The van der Waals surface area contributed by atoms with Gasteiger partial charge in [0.05, 0.1) is 16.3 Å². The Morgan fingerprint density at radius 2 is 1.72 bits per heavy atom. The molecule has 0 N–H and O–H groups in total. The van der Waals surface area contributed by atoms with Gasteiger partial charge < -0.3 is 9.32 Å². The van der Waals surface area contributed by atoms with E-state index in [9.17, 15) is 4.79 Å². The van der Waals surface area contributed by atoms with Gasteiger partial charge in [-0.05, 0) is 54.9 Å². The Labute approximate surface area is 213 Å². The van der Waals surface area contributed by atoms with Crippen molar-refractivity contribution in [1.29, 1.82) is 0 Å². The standard InChI is InChI=1S/C30H27N3O2S/c34-29-25(19-22-14-16-26(35-22)32-17-7-2-8-18-32)36-30-31-27-23-12-6-5-9-20(23)13-15-24(27)28(33(29)30)21-10-3-1-4-11-21/h1,3-6,9-12,14,16,19,28H,2,7-8,13,15,17-18H2/b25-19-/t28-/m0/s1. The maximum atomic E-state index is 13.8. The summed E-state index contributed by atoms with van der Waals surface area (Å²) in [6.45, 7) is 2.05. The molecule has 0 spiro atoms. The van der Waals surface area contributed by atoms with Crippen molar-refractivity contribution in [2.75, 3.05) is 18.0 Å². The van der Waals surface area contributed by atoms with E-state index in [1.54, 1.807) is 0 Å². The van der Waals surface area contributed by atoms with Crippen molar-refractivity contribution in [2.45, 2.75) is 38.1 Å². The quantitative estimate of drug-likeness (QED) is 0.408. The molecule has 4 aromatic rings. The molecule has 7 rings (SSSR count). The van der Waals surface area contributed by atoms with Crippen LogP contribution in [0.3, 0.4) is 0 Å². The van der Waals surface area contributed by atoms with Crippen LogP contribution in [0.5, 0.6) is 0 Å². The van der Waals surface area contributed by atoms with Crippen molar-refractivity contribution < 1.29 is 4.42 Å². The Bertz CT molecular complexity index is 1650. The second-order valence-electron chi connectivity index (χ2n) is 9.75. The molecule has 0 saturated carbocycles. The molecular weight excluding hydrogens is 466 g/mol. The maximum Gasteiger partial charge on any atom is 0.271 e. The average Bonchev–Trinajstić information content (AvgIpc) is 3.53. The second-order valence-corrected chi connectivity index (χ2v) is 10.8. The number of piperidine rings is 1. The maximum absolute atomic E-state index is 13.8. The first-order chi connectivity index (χ1) is 17.8. The van der Waals surface area contributed by atoms with Gasteiger partial charge in [0.25, 0.3) is 5.56 Å². The third-order valence-corrected chi connectivity index (χ3v) is 8.52. The number of allylic oxidation sites excluding steroid dienone is 1. The molecule has 1 fully saturated rings. The molecular formula is C30H27N3O2S. The molecule has 2 aliphatic heterocycles. The summed E-state index contributed by atoms with van der Waals surface area (Å²) < 4.78 is 8.71. The topological polar surface area (TPSA) is 50.7 Å². The molecule has 1 aliphatic carbocycles. The average molecular weight is 494 g/mol. The lowest BCUT2D eigenvalue weighted by atomic mass is 9.83. The summed E-state index contributed by atoms with van der Waals surface area (Å²) >= 11 is 1.45. The summed E-state index contributed by atoms with van der Waals surface area (Å²) in [5.74, 6) is 1.61. The molecule has 0 radical (unpaired) electrons. The highest BCUT2D eigenvalue weighted by Crippen LogP contribution is 2.41. The van der Waals surface area contributed by atoms with Crippen LogP contribution in [0.25, 0.3) is 11.8 Å². The summed E-state index contributed by atoms with van der Waals surface area (Å²) in [5, 5.41) is 0. The van der Waals surface area contributed by atoms with Gasteiger partial charge in [0, 0.05) is 30.8 Å². The van der Waals surface area contributed by atoms with Crippen molar-refractivity contribution >= 4 is 29.0 Å². The molecule has 2 aromatic carbocycles. The second kappa shape index (κ2) is 8.79. The van der Waals surface area contributed by atoms with E-state index in [0.717, 1.165) is 47.9 Å². The van der Waals surface area contributed by atoms with E-state index in [1.807, 2.05) is 41.0 Å². The molecule has 180 valence electrons. The molecule has 36 heavy (non-hydrogen) atoms. The number of nitrogens with zero attached hydrogens (tertiary/aromatic N) is 3. The zero-order valence-electron chi connectivity index (χ0n) is 20.0. The zero-order valence-corrected chi connectivity index (χ0v) is 20.8. The van der Waals surface area contributed by atoms with Gasteiger partial charge in [0.15, 0.2) is 10.7 Å². The third-order valence-electron chi connectivity index (χ3n) is 7.54. The summed E-state index contributed by atoms with van der Waals surface area (Å²) in [4.78, 5) is 22.0. The van der Waals surface area contributed by atoms with Crippen molar-refractivity contribution in [3.8, 4) is 0 Å². The molecule has 5 nitrogen and oxygen atoms in total. The van der Waals surface area contributed by atoms with E-state index in [-0.39, 0.29) is 11.6 Å². The number of benzene rings is 2. The summed E-state index contributed by atoms with van der Waals surface area (Å²) in [7, 11) is 0.